The Hall–Kier alpha value is -2.04. The van der Waals surface area contributed by atoms with Crippen molar-refractivity contribution in [3.8, 4) is 0 Å². The van der Waals surface area contributed by atoms with E-state index in [1.807, 2.05) is 25.2 Å². The molecule has 1 aromatic heterocycles. The highest BCUT2D eigenvalue weighted by atomic mass is 15.2. The van der Waals surface area contributed by atoms with Crippen molar-refractivity contribution in [2.24, 2.45) is 12.0 Å². The Morgan fingerprint density at radius 3 is 2.77 bits per heavy atom. The molecule has 0 unspecified atom stereocenters. The van der Waals surface area contributed by atoms with Crippen LogP contribution >= 0.6 is 0 Å². The van der Waals surface area contributed by atoms with Gasteiger partial charge in [-0.15, -0.1) is 0 Å². The van der Waals surface area contributed by atoms with E-state index in [1.54, 1.807) is 0 Å². The van der Waals surface area contributed by atoms with E-state index in [2.05, 4.69) is 38.3 Å². The zero-order chi connectivity index (χ0) is 15.4. The zero-order valence-corrected chi connectivity index (χ0v) is 13.5. The first-order valence-corrected chi connectivity index (χ1v) is 8.15. The summed E-state index contributed by atoms with van der Waals surface area (Å²) in [5.74, 6) is 1.90. The van der Waals surface area contributed by atoms with Crippen molar-refractivity contribution < 1.29 is 0 Å². The van der Waals surface area contributed by atoms with E-state index in [0.29, 0.717) is 12.6 Å². The second-order valence-corrected chi connectivity index (χ2v) is 5.98. The summed E-state index contributed by atoms with van der Waals surface area (Å²) in [5, 5.41) is 6.92. The van der Waals surface area contributed by atoms with Gasteiger partial charge in [0.05, 0.1) is 17.6 Å². The highest BCUT2D eigenvalue weighted by Gasteiger charge is 2.15. The van der Waals surface area contributed by atoms with Crippen LogP contribution in [0.4, 0.5) is 0 Å². The molecule has 3 rings (SSSR count). The Labute approximate surface area is 131 Å². The van der Waals surface area contributed by atoms with Crippen molar-refractivity contribution in [1.82, 2.24) is 20.2 Å². The van der Waals surface area contributed by atoms with Crippen LogP contribution in [0.1, 0.15) is 37.9 Å². The van der Waals surface area contributed by atoms with Crippen LogP contribution in [0.15, 0.2) is 29.3 Å². The molecular weight excluding hydrogens is 274 g/mol. The number of imidazole rings is 1. The second-order valence-electron chi connectivity index (χ2n) is 5.98. The molecule has 1 heterocycles. The van der Waals surface area contributed by atoms with Gasteiger partial charge in [0.15, 0.2) is 5.96 Å². The topological polar surface area (TPSA) is 54.2 Å². The number of hydrogen-bond donors (Lipinski definition) is 2. The number of aromatic nitrogens is 2. The fourth-order valence-electron chi connectivity index (χ4n) is 3.15. The maximum atomic E-state index is 4.68. The summed E-state index contributed by atoms with van der Waals surface area (Å²) < 4.78 is 2.14. The van der Waals surface area contributed by atoms with Gasteiger partial charge in [-0.1, -0.05) is 31.4 Å². The number of fused-ring (bicyclic) bond motifs is 1. The number of rotatable bonds is 3. The van der Waals surface area contributed by atoms with Crippen LogP contribution in [0.5, 0.6) is 0 Å². The molecule has 0 atom stereocenters. The van der Waals surface area contributed by atoms with Crippen LogP contribution in [0.25, 0.3) is 11.0 Å². The van der Waals surface area contributed by atoms with E-state index >= 15 is 0 Å². The number of benzene rings is 1. The van der Waals surface area contributed by atoms with Gasteiger partial charge in [0, 0.05) is 20.1 Å². The maximum Gasteiger partial charge on any atom is 0.191 e. The fourth-order valence-corrected chi connectivity index (χ4v) is 3.15. The van der Waals surface area contributed by atoms with E-state index in [-0.39, 0.29) is 0 Å². The molecule has 5 heteroatoms. The largest absolute Gasteiger partial charge is 0.354 e. The molecule has 1 fully saturated rings. The standard InChI is InChI=1S/C17H25N5/c1-18-17(20-13-8-4-3-5-9-13)19-12-16-21-14-10-6-7-11-15(14)22(16)2/h6-7,10-11,13H,3-5,8-9,12H2,1-2H3,(H2,18,19,20). The lowest BCUT2D eigenvalue weighted by Crippen LogP contribution is -2.44. The molecule has 118 valence electrons. The average molecular weight is 299 g/mol. The molecule has 22 heavy (non-hydrogen) atoms. The lowest BCUT2D eigenvalue weighted by molar-refractivity contribution is 0.410. The third-order valence-electron chi connectivity index (χ3n) is 4.46. The molecule has 2 N–H and O–H groups in total. The van der Waals surface area contributed by atoms with Gasteiger partial charge in [-0.2, -0.15) is 0 Å². The number of aryl methyl sites for hydroxylation is 1. The molecule has 1 aromatic carbocycles. The summed E-state index contributed by atoms with van der Waals surface area (Å²) in [6.07, 6.45) is 6.49. The first kappa shape index (κ1) is 14.9. The summed E-state index contributed by atoms with van der Waals surface area (Å²) in [7, 11) is 3.89. The normalized spacial score (nSPS) is 16.9. The third kappa shape index (κ3) is 3.24. The molecule has 0 bridgehead atoms. The molecule has 0 spiro atoms. The first-order valence-electron chi connectivity index (χ1n) is 8.15. The smallest absolute Gasteiger partial charge is 0.191 e. The number of aliphatic imine (C=N–C) groups is 1. The van der Waals surface area contributed by atoms with E-state index in [9.17, 15) is 0 Å². The van der Waals surface area contributed by atoms with Gasteiger partial charge in [-0.05, 0) is 25.0 Å². The van der Waals surface area contributed by atoms with Crippen LogP contribution in [0, 0.1) is 0 Å². The molecule has 0 aliphatic heterocycles. The van der Waals surface area contributed by atoms with Crippen molar-refractivity contribution in [2.75, 3.05) is 7.05 Å². The SMILES string of the molecule is CN=C(NCc1nc2ccccc2n1C)NC1CCCCC1. The molecule has 1 aliphatic carbocycles. The highest BCUT2D eigenvalue weighted by Crippen LogP contribution is 2.17. The van der Waals surface area contributed by atoms with E-state index in [4.69, 9.17) is 0 Å². The molecule has 0 amide bonds. The van der Waals surface area contributed by atoms with Crippen LogP contribution in [-0.2, 0) is 13.6 Å². The average Bonchev–Trinajstić information content (AvgIpc) is 2.89. The minimum atomic E-state index is 0.556. The number of nitrogens with one attached hydrogen (secondary N) is 2. The summed E-state index contributed by atoms with van der Waals surface area (Å²) in [6, 6.07) is 8.77. The lowest BCUT2D eigenvalue weighted by Gasteiger charge is -2.24. The predicted molar refractivity (Wildman–Crippen MR) is 90.9 cm³/mol. The van der Waals surface area contributed by atoms with Gasteiger partial charge < -0.3 is 15.2 Å². The van der Waals surface area contributed by atoms with Gasteiger partial charge in [0.1, 0.15) is 5.82 Å². The summed E-state index contributed by atoms with van der Waals surface area (Å²) >= 11 is 0. The Morgan fingerprint density at radius 1 is 1.27 bits per heavy atom. The van der Waals surface area contributed by atoms with Crippen LogP contribution in [-0.4, -0.2) is 28.6 Å². The molecular formula is C17H25N5. The summed E-state index contributed by atoms with van der Waals surface area (Å²) in [4.78, 5) is 9.02. The maximum absolute atomic E-state index is 4.68. The quantitative estimate of drug-likeness (QED) is 0.676. The van der Waals surface area contributed by atoms with Crippen LogP contribution in [0.2, 0.25) is 0 Å². The minimum absolute atomic E-state index is 0.556. The zero-order valence-electron chi connectivity index (χ0n) is 13.5. The van der Waals surface area contributed by atoms with E-state index in [0.717, 1.165) is 22.8 Å². The van der Waals surface area contributed by atoms with E-state index < -0.39 is 0 Å². The Bertz CT molecular complexity index is 652. The summed E-state index contributed by atoms with van der Waals surface area (Å²) in [6.45, 7) is 0.678. The number of para-hydroxylation sites is 2. The van der Waals surface area contributed by atoms with Crippen LogP contribution in [0.3, 0.4) is 0 Å². The monoisotopic (exact) mass is 299 g/mol. The molecule has 0 radical (unpaired) electrons. The fraction of sp³-hybridized carbons (Fsp3) is 0.529. The van der Waals surface area contributed by atoms with Gasteiger partial charge >= 0.3 is 0 Å². The second kappa shape index (κ2) is 6.81. The molecule has 1 saturated carbocycles. The molecule has 0 saturated heterocycles. The lowest BCUT2D eigenvalue weighted by atomic mass is 9.96. The van der Waals surface area contributed by atoms with Crippen molar-refractivity contribution in [1.29, 1.82) is 0 Å². The van der Waals surface area contributed by atoms with Crippen molar-refractivity contribution >= 4 is 17.0 Å². The predicted octanol–water partition coefficient (Wildman–Crippen LogP) is 2.57. The summed E-state index contributed by atoms with van der Waals surface area (Å²) in [5.41, 5.74) is 2.20. The molecule has 5 nitrogen and oxygen atoms in total. The first-order chi connectivity index (χ1) is 10.8. The van der Waals surface area contributed by atoms with Crippen LogP contribution < -0.4 is 10.6 Å². The van der Waals surface area contributed by atoms with Crippen molar-refractivity contribution in [3.63, 3.8) is 0 Å². The molecule has 2 aromatic rings. The minimum Gasteiger partial charge on any atom is -0.354 e. The highest BCUT2D eigenvalue weighted by molar-refractivity contribution is 5.80. The molecule has 1 aliphatic rings. The Kier molecular flexibility index (Phi) is 4.61. The van der Waals surface area contributed by atoms with Gasteiger partial charge in [0.25, 0.3) is 0 Å². The van der Waals surface area contributed by atoms with Crippen molar-refractivity contribution in [3.05, 3.63) is 30.1 Å². The Morgan fingerprint density at radius 2 is 2.05 bits per heavy atom. The van der Waals surface area contributed by atoms with E-state index in [1.165, 1.54) is 32.1 Å². The number of hydrogen-bond acceptors (Lipinski definition) is 2. The van der Waals surface area contributed by atoms with Gasteiger partial charge in [-0.3, -0.25) is 4.99 Å². The van der Waals surface area contributed by atoms with Gasteiger partial charge in [-0.25, -0.2) is 4.98 Å². The van der Waals surface area contributed by atoms with Gasteiger partial charge in [0.2, 0.25) is 0 Å². The number of nitrogens with zero attached hydrogens (tertiary/aromatic N) is 3. The third-order valence-corrected chi connectivity index (χ3v) is 4.46. The number of guanidine groups is 1. The van der Waals surface area contributed by atoms with Crippen molar-refractivity contribution in [2.45, 2.75) is 44.7 Å². The Balaban J connectivity index is 1.63.